The van der Waals surface area contributed by atoms with Gasteiger partial charge in [0, 0.05) is 37.7 Å². The van der Waals surface area contributed by atoms with Crippen LogP contribution in [0.1, 0.15) is 17.4 Å². The summed E-state index contributed by atoms with van der Waals surface area (Å²) < 4.78 is 1.83. The fraction of sp³-hybridized carbons (Fsp3) is 0.429. The number of hydrogen-bond donors (Lipinski definition) is 1. The first-order valence-corrected chi connectivity index (χ1v) is 7.15. The molecule has 1 fully saturated rings. The highest BCUT2D eigenvalue weighted by molar-refractivity contribution is 6.31. The molecule has 0 aliphatic carbocycles. The van der Waals surface area contributed by atoms with Gasteiger partial charge in [0.2, 0.25) is 0 Å². The highest BCUT2D eigenvalue weighted by Crippen LogP contribution is 2.29. The molecular formula is C14H20Cl3N5. The minimum Gasteiger partial charge on any atom is -0.314 e. The van der Waals surface area contributed by atoms with Gasteiger partial charge in [0.25, 0.3) is 0 Å². The van der Waals surface area contributed by atoms with Crippen LogP contribution in [-0.2, 0) is 13.6 Å². The molecule has 0 bridgehead atoms. The van der Waals surface area contributed by atoms with Crippen molar-refractivity contribution in [3.05, 3.63) is 47.0 Å². The van der Waals surface area contributed by atoms with E-state index in [1.807, 2.05) is 29.9 Å². The van der Waals surface area contributed by atoms with Crippen LogP contribution in [0.15, 0.2) is 30.6 Å². The number of nitrogens with zero attached hydrogens (tertiary/aromatic N) is 4. The Bertz CT molecular complexity index is 589. The molecule has 22 heavy (non-hydrogen) atoms. The molecular weight excluding hydrogens is 345 g/mol. The quantitative estimate of drug-likeness (QED) is 0.909. The molecule has 0 spiro atoms. The normalized spacial score (nSPS) is 18.4. The van der Waals surface area contributed by atoms with Crippen LogP contribution >= 0.6 is 36.4 Å². The van der Waals surface area contributed by atoms with Crippen LogP contribution < -0.4 is 5.32 Å². The van der Waals surface area contributed by atoms with Crippen LogP contribution in [0.2, 0.25) is 5.02 Å². The van der Waals surface area contributed by atoms with E-state index in [0.717, 1.165) is 37.0 Å². The van der Waals surface area contributed by atoms with Gasteiger partial charge in [-0.25, -0.2) is 4.98 Å². The number of hydrogen-bond acceptors (Lipinski definition) is 4. The Labute approximate surface area is 147 Å². The average Bonchev–Trinajstić information content (AvgIpc) is 2.86. The molecule has 8 heteroatoms. The molecule has 3 rings (SSSR count). The Morgan fingerprint density at radius 1 is 1.32 bits per heavy atom. The number of nitrogens with one attached hydrogen (secondary N) is 1. The van der Waals surface area contributed by atoms with E-state index in [1.54, 1.807) is 6.33 Å². The second-order valence-electron chi connectivity index (χ2n) is 5.01. The van der Waals surface area contributed by atoms with Crippen molar-refractivity contribution in [3.63, 3.8) is 0 Å². The minimum absolute atomic E-state index is 0. The summed E-state index contributed by atoms with van der Waals surface area (Å²) in [4.78, 5) is 6.72. The summed E-state index contributed by atoms with van der Waals surface area (Å²) in [5, 5.41) is 8.40. The largest absolute Gasteiger partial charge is 0.314 e. The zero-order valence-electron chi connectivity index (χ0n) is 12.3. The average molecular weight is 365 g/mol. The maximum atomic E-state index is 6.35. The van der Waals surface area contributed by atoms with Crippen molar-refractivity contribution in [1.82, 2.24) is 25.0 Å². The van der Waals surface area contributed by atoms with Crippen LogP contribution in [0.4, 0.5) is 0 Å². The molecule has 5 nitrogen and oxygen atoms in total. The first-order chi connectivity index (χ1) is 9.75. The maximum Gasteiger partial charge on any atom is 0.140 e. The lowest BCUT2D eigenvalue weighted by Gasteiger charge is -2.36. The number of benzene rings is 1. The third-order valence-electron chi connectivity index (χ3n) is 3.77. The van der Waals surface area contributed by atoms with E-state index >= 15 is 0 Å². The SMILES string of the molecule is Cl.Cl.Cn1ncnc1CN1CCNCC1c1ccccc1Cl. The van der Waals surface area contributed by atoms with Gasteiger partial charge in [0.15, 0.2) is 0 Å². The zero-order valence-corrected chi connectivity index (χ0v) is 14.7. The monoisotopic (exact) mass is 363 g/mol. The Morgan fingerprint density at radius 3 is 2.77 bits per heavy atom. The van der Waals surface area contributed by atoms with Crippen molar-refractivity contribution >= 4 is 36.4 Å². The molecule has 2 aromatic rings. The lowest BCUT2D eigenvalue weighted by molar-refractivity contribution is 0.148. The summed E-state index contributed by atoms with van der Waals surface area (Å²) in [5.74, 6) is 0.976. The molecule has 1 saturated heterocycles. The summed E-state index contributed by atoms with van der Waals surface area (Å²) in [6, 6.07) is 8.33. The smallest absolute Gasteiger partial charge is 0.140 e. The Kier molecular flexibility index (Phi) is 7.59. The van der Waals surface area contributed by atoms with Crippen LogP contribution in [0, 0.1) is 0 Å². The summed E-state index contributed by atoms with van der Waals surface area (Å²) in [7, 11) is 1.93. The van der Waals surface area contributed by atoms with Crippen molar-refractivity contribution in [2.75, 3.05) is 19.6 Å². The Morgan fingerprint density at radius 2 is 2.09 bits per heavy atom. The first kappa shape index (κ1) is 19.2. The fourth-order valence-electron chi connectivity index (χ4n) is 2.63. The van der Waals surface area contributed by atoms with Gasteiger partial charge in [-0.1, -0.05) is 29.8 Å². The Hall–Kier alpha value is -0.850. The van der Waals surface area contributed by atoms with E-state index in [-0.39, 0.29) is 30.9 Å². The molecule has 122 valence electrons. The standard InChI is InChI=1S/C14H18ClN5.2ClH/c1-19-14(17-10-18-19)9-20-7-6-16-8-13(20)11-4-2-3-5-12(11)15;;/h2-5,10,13,16H,6-9H2,1H3;2*1H. The molecule has 1 aliphatic rings. The highest BCUT2D eigenvalue weighted by Gasteiger charge is 2.26. The van der Waals surface area contributed by atoms with Gasteiger partial charge in [0.1, 0.15) is 12.2 Å². The molecule has 1 aromatic carbocycles. The van der Waals surface area contributed by atoms with E-state index in [4.69, 9.17) is 11.6 Å². The van der Waals surface area contributed by atoms with Gasteiger partial charge in [-0.05, 0) is 11.6 Å². The van der Waals surface area contributed by atoms with Crippen molar-refractivity contribution in [2.24, 2.45) is 7.05 Å². The minimum atomic E-state index is 0. The molecule has 0 saturated carbocycles. The van der Waals surface area contributed by atoms with Crippen molar-refractivity contribution < 1.29 is 0 Å². The zero-order chi connectivity index (χ0) is 13.9. The third kappa shape index (κ3) is 4.12. The van der Waals surface area contributed by atoms with E-state index in [0.29, 0.717) is 0 Å². The Balaban J connectivity index is 0.00000121. The summed E-state index contributed by atoms with van der Waals surface area (Å²) >= 11 is 6.35. The molecule has 1 unspecified atom stereocenters. The van der Waals surface area contributed by atoms with Crippen LogP contribution in [0.3, 0.4) is 0 Å². The summed E-state index contributed by atoms with van der Waals surface area (Å²) in [6.45, 7) is 3.65. The number of rotatable bonds is 3. The lowest BCUT2D eigenvalue weighted by Crippen LogP contribution is -2.45. The van der Waals surface area contributed by atoms with Crippen molar-refractivity contribution in [3.8, 4) is 0 Å². The second-order valence-corrected chi connectivity index (χ2v) is 5.42. The van der Waals surface area contributed by atoms with Gasteiger partial charge in [0.05, 0.1) is 6.54 Å². The molecule has 2 heterocycles. The molecule has 1 N–H and O–H groups in total. The van der Waals surface area contributed by atoms with E-state index in [2.05, 4.69) is 26.4 Å². The summed E-state index contributed by atoms with van der Waals surface area (Å²) in [6.07, 6.45) is 1.60. The van der Waals surface area contributed by atoms with Gasteiger partial charge in [-0.15, -0.1) is 24.8 Å². The van der Waals surface area contributed by atoms with Crippen molar-refractivity contribution in [2.45, 2.75) is 12.6 Å². The second kappa shape index (κ2) is 8.70. The van der Waals surface area contributed by atoms with Gasteiger partial charge >= 0.3 is 0 Å². The van der Waals surface area contributed by atoms with Crippen LogP contribution in [-0.4, -0.2) is 39.3 Å². The van der Waals surface area contributed by atoms with Gasteiger partial charge in [-0.2, -0.15) is 5.10 Å². The predicted octanol–water partition coefficient (Wildman–Crippen LogP) is 2.46. The highest BCUT2D eigenvalue weighted by atomic mass is 35.5. The van der Waals surface area contributed by atoms with E-state index < -0.39 is 0 Å². The fourth-order valence-corrected chi connectivity index (χ4v) is 2.89. The topological polar surface area (TPSA) is 46.0 Å². The van der Waals surface area contributed by atoms with E-state index in [1.165, 1.54) is 5.56 Å². The number of aromatic nitrogens is 3. The molecule has 0 amide bonds. The third-order valence-corrected chi connectivity index (χ3v) is 4.11. The summed E-state index contributed by atoms with van der Waals surface area (Å²) in [5.41, 5.74) is 1.17. The van der Waals surface area contributed by atoms with E-state index in [9.17, 15) is 0 Å². The van der Waals surface area contributed by atoms with Gasteiger partial charge in [-0.3, -0.25) is 9.58 Å². The van der Waals surface area contributed by atoms with Crippen molar-refractivity contribution in [1.29, 1.82) is 0 Å². The lowest BCUT2D eigenvalue weighted by atomic mass is 10.0. The van der Waals surface area contributed by atoms with Crippen LogP contribution in [0.25, 0.3) is 0 Å². The molecule has 1 aromatic heterocycles. The number of halogens is 3. The maximum absolute atomic E-state index is 6.35. The molecule has 1 aliphatic heterocycles. The number of aryl methyl sites for hydroxylation is 1. The molecule has 0 radical (unpaired) electrons. The number of piperazine rings is 1. The van der Waals surface area contributed by atoms with Crippen LogP contribution in [0.5, 0.6) is 0 Å². The molecule has 1 atom stereocenters. The predicted molar refractivity (Wildman–Crippen MR) is 93.0 cm³/mol. The first-order valence-electron chi connectivity index (χ1n) is 6.78. The van der Waals surface area contributed by atoms with Gasteiger partial charge < -0.3 is 5.32 Å².